The van der Waals surface area contributed by atoms with Gasteiger partial charge in [-0.05, 0) is 5.92 Å². The van der Waals surface area contributed by atoms with Gasteiger partial charge in [0.05, 0.1) is 13.2 Å². The van der Waals surface area contributed by atoms with E-state index in [0.29, 0.717) is 13.1 Å². The summed E-state index contributed by atoms with van der Waals surface area (Å²) >= 11 is 0. The largest absolute Gasteiger partial charge is 0.395 e. The molecule has 0 saturated heterocycles. The summed E-state index contributed by atoms with van der Waals surface area (Å²) in [6.07, 6.45) is 0. The summed E-state index contributed by atoms with van der Waals surface area (Å²) in [6.45, 7) is 6.33. The number of carbonyl (C=O) groups is 1. The SMILES string of the molecule is CC(C)C(C)C(=O)N(CCO)CCO. The molecule has 1 amide bonds. The third-order valence-corrected chi connectivity index (χ3v) is 2.44. The molecular formula is C10H21NO3. The van der Waals surface area contributed by atoms with E-state index in [2.05, 4.69) is 0 Å². The molecule has 4 heteroatoms. The number of hydrogen-bond donors (Lipinski definition) is 2. The topological polar surface area (TPSA) is 60.8 Å². The van der Waals surface area contributed by atoms with Crippen molar-refractivity contribution < 1.29 is 15.0 Å². The summed E-state index contributed by atoms with van der Waals surface area (Å²) in [5.74, 6) is 0.221. The van der Waals surface area contributed by atoms with Crippen molar-refractivity contribution in [1.29, 1.82) is 0 Å². The van der Waals surface area contributed by atoms with E-state index >= 15 is 0 Å². The van der Waals surface area contributed by atoms with Crippen LogP contribution in [0.2, 0.25) is 0 Å². The van der Waals surface area contributed by atoms with Gasteiger partial charge < -0.3 is 15.1 Å². The Kier molecular flexibility index (Phi) is 6.49. The van der Waals surface area contributed by atoms with Crippen LogP contribution in [0.25, 0.3) is 0 Å². The molecule has 0 aliphatic heterocycles. The Morgan fingerprint density at radius 3 is 1.86 bits per heavy atom. The van der Waals surface area contributed by atoms with Crippen LogP contribution in [0.4, 0.5) is 0 Å². The summed E-state index contributed by atoms with van der Waals surface area (Å²) < 4.78 is 0. The maximum atomic E-state index is 11.8. The van der Waals surface area contributed by atoms with Gasteiger partial charge in [0.2, 0.25) is 5.91 Å². The molecule has 0 spiro atoms. The molecule has 84 valence electrons. The van der Waals surface area contributed by atoms with Crippen LogP contribution < -0.4 is 0 Å². The maximum absolute atomic E-state index is 11.8. The van der Waals surface area contributed by atoms with Gasteiger partial charge in [0, 0.05) is 19.0 Å². The van der Waals surface area contributed by atoms with E-state index < -0.39 is 0 Å². The van der Waals surface area contributed by atoms with Gasteiger partial charge in [-0.2, -0.15) is 0 Å². The van der Waals surface area contributed by atoms with Crippen LogP contribution in [-0.4, -0.2) is 47.3 Å². The van der Waals surface area contributed by atoms with Crippen molar-refractivity contribution in [2.45, 2.75) is 20.8 Å². The highest BCUT2D eigenvalue weighted by molar-refractivity contribution is 5.78. The Hall–Kier alpha value is -0.610. The van der Waals surface area contributed by atoms with Crippen LogP contribution in [0, 0.1) is 11.8 Å². The summed E-state index contributed by atoms with van der Waals surface area (Å²) in [7, 11) is 0. The van der Waals surface area contributed by atoms with Crippen molar-refractivity contribution in [2.24, 2.45) is 11.8 Å². The molecule has 1 atom stereocenters. The lowest BCUT2D eigenvalue weighted by molar-refractivity contribution is -0.137. The van der Waals surface area contributed by atoms with Gasteiger partial charge in [0.1, 0.15) is 0 Å². The van der Waals surface area contributed by atoms with Crippen LogP contribution in [0.15, 0.2) is 0 Å². The number of nitrogens with zero attached hydrogens (tertiary/aromatic N) is 1. The Bertz CT molecular complexity index is 165. The molecule has 0 aromatic heterocycles. The van der Waals surface area contributed by atoms with E-state index in [0.717, 1.165) is 0 Å². The van der Waals surface area contributed by atoms with E-state index in [-0.39, 0.29) is 31.0 Å². The predicted octanol–water partition coefficient (Wildman–Crippen LogP) is 0.0917. The van der Waals surface area contributed by atoms with E-state index in [1.165, 1.54) is 4.90 Å². The summed E-state index contributed by atoms with van der Waals surface area (Å²) in [6, 6.07) is 0. The summed E-state index contributed by atoms with van der Waals surface area (Å²) in [4.78, 5) is 13.3. The zero-order chi connectivity index (χ0) is 11.1. The highest BCUT2D eigenvalue weighted by atomic mass is 16.3. The van der Waals surface area contributed by atoms with Crippen molar-refractivity contribution in [2.75, 3.05) is 26.3 Å². The fourth-order valence-electron chi connectivity index (χ4n) is 1.15. The van der Waals surface area contributed by atoms with Gasteiger partial charge >= 0.3 is 0 Å². The van der Waals surface area contributed by atoms with Crippen LogP contribution in [0.5, 0.6) is 0 Å². The first-order valence-corrected chi connectivity index (χ1v) is 5.05. The van der Waals surface area contributed by atoms with Crippen molar-refractivity contribution in [3.05, 3.63) is 0 Å². The van der Waals surface area contributed by atoms with Crippen LogP contribution in [-0.2, 0) is 4.79 Å². The van der Waals surface area contributed by atoms with Gasteiger partial charge in [0.15, 0.2) is 0 Å². The third kappa shape index (κ3) is 4.07. The Morgan fingerprint density at radius 2 is 1.57 bits per heavy atom. The number of carbonyl (C=O) groups excluding carboxylic acids is 1. The van der Waals surface area contributed by atoms with E-state index in [1.54, 1.807) is 0 Å². The molecule has 0 aliphatic carbocycles. The summed E-state index contributed by atoms with van der Waals surface area (Å²) in [5.41, 5.74) is 0. The first kappa shape index (κ1) is 13.4. The van der Waals surface area contributed by atoms with Gasteiger partial charge in [0.25, 0.3) is 0 Å². The minimum atomic E-state index is -0.0619. The predicted molar refractivity (Wildman–Crippen MR) is 54.8 cm³/mol. The molecule has 0 aliphatic rings. The van der Waals surface area contributed by atoms with Crippen LogP contribution >= 0.6 is 0 Å². The molecule has 0 radical (unpaired) electrons. The second-order valence-electron chi connectivity index (χ2n) is 3.81. The monoisotopic (exact) mass is 203 g/mol. The van der Waals surface area contributed by atoms with Crippen LogP contribution in [0.1, 0.15) is 20.8 Å². The first-order valence-electron chi connectivity index (χ1n) is 5.05. The van der Waals surface area contributed by atoms with Gasteiger partial charge in [-0.25, -0.2) is 0 Å². The highest BCUT2D eigenvalue weighted by Gasteiger charge is 2.21. The number of aliphatic hydroxyl groups is 2. The Labute approximate surface area is 85.5 Å². The number of rotatable bonds is 6. The molecule has 1 unspecified atom stereocenters. The second kappa shape index (κ2) is 6.79. The minimum absolute atomic E-state index is 0.00287. The summed E-state index contributed by atoms with van der Waals surface area (Å²) in [5, 5.41) is 17.5. The molecule has 0 bridgehead atoms. The average molecular weight is 203 g/mol. The van der Waals surface area contributed by atoms with Crippen LogP contribution in [0.3, 0.4) is 0 Å². The standard InChI is InChI=1S/C10H21NO3/c1-8(2)9(3)10(14)11(4-6-12)5-7-13/h8-9,12-13H,4-7H2,1-3H3. The smallest absolute Gasteiger partial charge is 0.225 e. The van der Waals surface area contributed by atoms with E-state index in [9.17, 15) is 4.79 Å². The second-order valence-corrected chi connectivity index (χ2v) is 3.81. The maximum Gasteiger partial charge on any atom is 0.225 e. The molecular weight excluding hydrogens is 182 g/mol. The van der Waals surface area contributed by atoms with Crippen molar-refractivity contribution >= 4 is 5.91 Å². The zero-order valence-corrected chi connectivity index (χ0v) is 9.23. The highest BCUT2D eigenvalue weighted by Crippen LogP contribution is 2.12. The molecule has 0 fully saturated rings. The fraction of sp³-hybridized carbons (Fsp3) is 0.900. The number of hydrogen-bond acceptors (Lipinski definition) is 3. The average Bonchev–Trinajstić information content (AvgIpc) is 2.15. The lowest BCUT2D eigenvalue weighted by Gasteiger charge is -2.26. The molecule has 0 aromatic rings. The third-order valence-electron chi connectivity index (χ3n) is 2.44. The Balaban J connectivity index is 4.26. The zero-order valence-electron chi connectivity index (χ0n) is 9.23. The molecule has 0 rings (SSSR count). The molecule has 4 nitrogen and oxygen atoms in total. The normalized spacial score (nSPS) is 13.0. The first-order chi connectivity index (χ1) is 6.54. The lowest BCUT2D eigenvalue weighted by atomic mass is 9.96. The van der Waals surface area contributed by atoms with Crippen molar-refractivity contribution in [3.63, 3.8) is 0 Å². The van der Waals surface area contributed by atoms with Gasteiger partial charge in [-0.1, -0.05) is 20.8 Å². The Morgan fingerprint density at radius 1 is 1.14 bits per heavy atom. The van der Waals surface area contributed by atoms with Crippen molar-refractivity contribution in [1.82, 2.24) is 4.90 Å². The fourth-order valence-corrected chi connectivity index (χ4v) is 1.15. The van der Waals surface area contributed by atoms with E-state index in [1.807, 2.05) is 20.8 Å². The number of amides is 1. The molecule has 0 saturated carbocycles. The quantitative estimate of drug-likeness (QED) is 0.643. The van der Waals surface area contributed by atoms with Crippen molar-refractivity contribution in [3.8, 4) is 0 Å². The van der Waals surface area contributed by atoms with Gasteiger partial charge in [-0.3, -0.25) is 4.79 Å². The van der Waals surface area contributed by atoms with E-state index in [4.69, 9.17) is 10.2 Å². The lowest BCUT2D eigenvalue weighted by Crippen LogP contribution is -2.40. The number of aliphatic hydroxyl groups excluding tert-OH is 2. The minimum Gasteiger partial charge on any atom is -0.395 e. The molecule has 0 aromatic carbocycles. The molecule has 2 N–H and O–H groups in total. The van der Waals surface area contributed by atoms with Gasteiger partial charge in [-0.15, -0.1) is 0 Å². The molecule has 0 heterocycles. The molecule has 14 heavy (non-hydrogen) atoms.